The third-order valence-electron chi connectivity index (χ3n) is 3.71. The number of thioether (sulfide) groups is 1. The largest absolute Gasteiger partial charge is 0.353 e. The van der Waals surface area contributed by atoms with Gasteiger partial charge in [-0.25, -0.2) is 8.42 Å². The molecule has 2 atom stereocenters. The average molecular weight is 329 g/mol. The summed E-state index contributed by atoms with van der Waals surface area (Å²) in [5.41, 5.74) is 9.19. The lowest BCUT2D eigenvalue weighted by atomic mass is 10.0. The molecule has 1 heterocycles. The molecule has 2 rings (SSSR count). The van der Waals surface area contributed by atoms with Crippen LogP contribution in [0.15, 0.2) is 18.2 Å². The minimum atomic E-state index is -3.08. The molecule has 1 aliphatic rings. The van der Waals surface area contributed by atoms with Gasteiger partial charge in [-0.15, -0.1) is 0 Å². The Bertz CT molecular complexity index is 600. The van der Waals surface area contributed by atoms with Crippen molar-refractivity contribution in [2.45, 2.75) is 31.7 Å². The summed E-state index contributed by atoms with van der Waals surface area (Å²) in [6, 6.07) is 6.36. The Hall–Kier alpha value is -0.720. The quantitative estimate of drug-likeness (QED) is 0.913. The van der Waals surface area contributed by atoms with Crippen molar-refractivity contribution in [3.05, 3.63) is 29.3 Å². The Morgan fingerprint density at radius 1 is 1.48 bits per heavy atom. The van der Waals surface area contributed by atoms with Crippen molar-refractivity contribution in [1.29, 1.82) is 0 Å². The summed E-state index contributed by atoms with van der Waals surface area (Å²) in [6.45, 7) is 4.81. The van der Waals surface area contributed by atoms with E-state index in [9.17, 15) is 8.42 Å². The van der Waals surface area contributed by atoms with E-state index in [1.165, 1.54) is 11.8 Å². The van der Waals surface area contributed by atoms with Gasteiger partial charge in [0.05, 0.1) is 0 Å². The van der Waals surface area contributed by atoms with Crippen LogP contribution in [0.3, 0.4) is 0 Å². The third kappa shape index (κ3) is 4.14. The highest BCUT2D eigenvalue weighted by Gasteiger charge is 2.31. The number of hydrogen-bond donors (Lipinski definition) is 1. The number of nitrogens with zero attached hydrogens (tertiary/aromatic N) is 1. The molecule has 2 unspecified atom stereocenters. The molecule has 0 amide bonds. The first-order valence-corrected chi connectivity index (χ1v) is 10.3. The lowest BCUT2D eigenvalue weighted by Crippen LogP contribution is -2.47. The molecule has 0 radical (unpaired) electrons. The predicted molar refractivity (Wildman–Crippen MR) is 91.8 cm³/mol. The van der Waals surface area contributed by atoms with E-state index >= 15 is 0 Å². The van der Waals surface area contributed by atoms with Crippen LogP contribution in [0.4, 0.5) is 5.69 Å². The van der Waals surface area contributed by atoms with E-state index in [0.717, 1.165) is 30.0 Å². The summed E-state index contributed by atoms with van der Waals surface area (Å²) >= 11 is 1.71. The lowest BCUT2D eigenvalue weighted by Gasteiger charge is -2.37. The number of rotatable bonds is 4. The van der Waals surface area contributed by atoms with Gasteiger partial charge in [-0.1, -0.05) is 12.1 Å². The molecule has 0 spiro atoms. The molecular formula is C15H24N2O2S2. The summed E-state index contributed by atoms with van der Waals surface area (Å²) in [4.78, 5) is 2.04. The van der Waals surface area contributed by atoms with Crippen LogP contribution in [0.25, 0.3) is 0 Å². The highest BCUT2D eigenvalue weighted by Crippen LogP contribution is 2.30. The van der Waals surface area contributed by atoms with Gasteiger partial charge in [0, 0.05) is 36.0 Å². The molecule has 0 aromatic heterocycles. The van der Waals surface area contributed by atoms with Gasteiger partial charge in [0.15, 0.2) is 9.84 Å². The van der Waals surface area contributed by atoms with E-state index in [4.69, 9.17) is 5.73 Å². The van der Waals surface area contributed by atoms with Crippen LogP contribution in [0, 0.1) is 6.92 Å². The molecular weight excluding hydrogens is 304 g/mol. The lowest BCUT2D eigenvalue weighted by molar-refractivity contribution is 0.584. The van der Waals surface area contributed by atoms with Gasteiger partial charge in [-0.2, -0.15) is 11.8 Å². The first-order chi connectivity index (χ1) is 9.79. The van der Waals surface area contributed by atoms with Gasteiger partial charge in [-0.05, 0) is 37.5 Å². The summed E-state index contributed by atoms with van der Waals surface area (Å²) in [5.74, 6) is 1.60. The first kappa shape index (κ1) is 16.6. The number of aryl methyl sites for hydroxylation is 1. The third-order valence-corrected chi connectivity index (χ3v) is 6.35. The van der Waals surface area contributed by atoms with Crippen molar-refractivity contribution in [3.8, 4) is 0 Å². The van der Waals surface area contributed by atoms with Gasteiger partial charge < -0.3 is 10.6 Å². The Labute approximate surface area is 132 Å². The minimum absolute atomic E-state index is 0.130. The predicted octanol–water partition coefficient (Wildman–Crippen LogP) is 1.81. The van der Waals surface area contributed by atoms with Crippen molar-refractivity contribution in [1.82, 2.24) is 0 Å². The number of sulfone groups is 1. The summed E-state index contributed by atoms with van der Waals surface area (Å²) in [6.07, 6.45) is 2.17. The summed E-state index contributed by atoms with van der Waals surface area (Å²) in [5, 5.41) is -0.422. The molecule has 1 aromatic carbocycles. The number of anilines is 1. The van der Waals surface area contributed by atoms with Crippen LogP contribution in [0.1, 0.15) is 18.1 Å². The van der Waals surface area contributed by atoms with E-state index < -0.39 is 15.2 Å². The van der Waals surface area contributed by atoms with E-state index in [-0.39, 0.29) is 6.04 Å². The van der Waals surface area contributed by atoms with Crippen molar-refractivity contribution in [3.63, 3.8) is 0 Å². The maximum Gasteiger partial charge on any atom is 0.169 e. The maximum absolute atomic E-state index is 12.0. The highest BCUT2D eigenvalue weighted by molar-refractivity contribution is 8.01. The molecule has 1 saturated heterocycles. The fourth-order valence-electron chi connectivity index (χ4n) is 2.75. The van der Waals surface area contributed by atoms with Crippen molar-refractivity contribution < 1.29 is 8.42 Å². The number of hydrogen-bond acceptors (Lipinski definition) is 5. The molecule has 1 fully saturated rings. The SMILES string of the molecule is Cc1cc(CC(C)N)ccc1N1CCSCC1S(C)(=O)=O. The van der Waals surface area contributed by atoms with Crippen LogP contribution >= 0.6 is 11.8 Å². The Morgan fingerprint density at radius 2 is 2.19 bits per heavy atom. The summed E-state index contributed by atoms with van der Waals surface area (Å²) < 4.78 is 24.0. The molecule has 2 N–H and O–H groups in total. The number of nitrogens with two attached hydrogens (primary N) is 1. The van der Waals surface area contributed by atoms with Crippen LogP contribution < -0.4 is 10.6 Å². The van der Waals surface area contributed by atoms with E-state index in [1.807, 2.05) is 24.8 Å². The molecule has 0 aliphatic carbocycles. The first-order valence-electron chi connectivity index (χ1n) is 7.17. The van der Waals surface area contributed by atoms with Crippen LogP contribution in [-0.4, -0.2) is 44.1 Å². The summed E-state index contributed by atoms with van der Waals surface area (Å²) in [7, 11) is -3.08. The Balaban J connectivity index is 2.31. The minimum Gasteiger partial charge on any atom is -0.353 e. The Morgan fingerprint density at radius 3 is 2.76 bits per heavy atom. The second-order valence-electron chi connectivity index (χ2n) is 5.85. The molecule has 6 heteroatoms. The topological polar surface area (TPSA) is 63.4 Å². The van der Waals surface area contributed by atoms with Gasteiger partial charge in [0.25, 0.3) is 0 Å². The van der Waals surface area contributed by atoms with E-state index in [2.05, 4.69) is 12.1 Å². The molecule has 1 aromatic rings. The molecule has 118 valence electrons. The zero-order valence-electron chi connectivity index (χ0n) is 12.9. The highest BCUT2D eigenvalue weighted by atomic mass is 32.2. The van der Waals surface area contributed by atoms with Gasteiger partial charge in [0.1, 0.15) is 5.37 Å². The normalized spacial score (nSPS) is 21.3. The van der Waals surface area contributed by atoms with Crippen LogP contribution in [0.5, 0.6) is 0 Å². The smallest absolute Gasteiger partial charge is 0.169 e. The van der Waals surface area contributed by atoms with Gasteiger partial charge in [-0.3, -0.25) is 0 Å². The monoisotopic (exact) mass is 328 g/mol. The van der Waals surface area contributed by atoms with Crippen molar-refractivity contribution in [2.75, 3.05) is 29.2 Å². The second-order valence-corrected chi connectivity index (χ2v) is 9.21. The number of benzene rings is 1. The zero-order valence-corrected chi connectivity index (χ0v) is 14.5. The average Bonchev–Trinajstić information content (AvgIpc) is 2.37. The molecule has 0 saturated carbocycles. The van der Waals surface area contributed by atoms with E-state index in [1.54, 1.807) is 11.8 Å². The zero-order chi connectivity index (χ0) is 15.6. The molecule has 4 nitrogen and oxygen atoms in total. The van der Waals surface area contributed by atoms with E-state index in [0.29, 0.717) is 5.75 Å². The standard InChI is InChI=1S/C15H24N2O2S2/c1-11-8-13(9-12(2)16)4-5-14(11)17-6-7-20-10-15(17)21(3,18)19/h4-5,8,12,15H,6-7,9-10,16H2,1-3H3. The van der Waals surface area contributed by atoms with Crippen molar-refractivity contribution in [2.24, 2.45) is 5.73 Å². The molecule has 0 bridgehead atoms. The Kier molecular flexibility index (Phi) is 5.22. The fraction of sp³-hybridized carbons (Fsp3) is 0.600. The molecule has 21 heavy (non-hydrogen) atoms. The van der Waals surface area contributed by atoms with Gasteiger partial charge in [0.2, 0.25) is 0 Å². The maximum atomic E-state index is 12.0. The second kappa shape index (κ2) is 6.58. The fourth-order valence-corrected chi connectivity index (χ4v) is 5.58. The van der Waals surface area contributed by atoms with Crippen LogP contribution in [-0.2, 0) is 16.3 Å². The van der Waals surface area contributed by atoms with Crippen LogP contribution in [0.2, 0.25) is 0 Å². The van der Waals surface area contributed by atoms with Gasteiger partial charge >= 0.3 is 0 Å². The van der Waals surface area contributed by atoms with Crippen molar-refractivity contribution >= 4 is 27.3 Å². The molecule has 1 aliphatic heterocycles.